The Labute approximate surface area is 349 Å². The zero-order valence-corrected chi connectivity index (χ0v) is 34.1. The van der Waals surface area contributed by atoms with Crippen molar-refractivity contribution in [2.75, 3.05) is 4.90 Å². The maximum atomic E-state index is 4.99. The van der Waals surface area contributed by atoms with Gasteiger partial charge in [0.2, 0.25) is 0 Å². The van der Waals surface area contributed by atoms with Crippen LogP contribution in [0.25, 0.3) is 80.2 Å². The van der Waals surface area contributed by atoms with Gasteiger partial charge in [-0.15, -0.1) is 22.7 Å². The summed E-state index contributed by atoms with van der Waals surface area (Å²) in [5, 5.41) is 4.57. The molecule has 280 valence electrons. The molecule has 0 saturated heterocycles. The molecule has 0 saturated carbocycles. The fourth-order valence-corrected chi connectivity index (χ4v) is 11.1. The SMILES string of the molecule is CC1(C)c2cc(N(c3ccccc3)c3ccc(-c4nc5ccccc5s4)cc3)ccc2-c2ccc(-n3c4ccccc4c4cc(-c5nc6ccccc6s5)ccc43)cc21. The Morgan fingerprint density at radius 2 is 1.02 bits per heavy atom. The molecule has 1 aliphatic rings. The predicted octanol–water partition coefficient (Wildman–Crippen LogP) is 15.1. The van der Waals surface area contributed by atoms with E-state index in [-0.39, 0.29) is 5.41 Å². The van der Waals surface area contributed by atoms with Crippen LogP contribution in [-0.2, 0) is 5.41 Å². The summed E-state index contributed by atoms with van der Waals surface area (Å²) >= 11 is 3.49. The van der Waals surface area contributed by atoms with Gasteiger partial charge in [0.15, 0.2) is 0 Å². The van der Waals surface area contributed by atoms with Gasteiger partial charge in [-0.1, -0.05) is 86.6 Å². The molecular weight excluding hydrogens is 757 g/mol. The number of nitrogens with zero attached hydrogens (tertiary/aromatic N) is 4. The standard InChI is InChI=1S/C53H36N4S2/c1-53(2)43-31-37(56(35-12-4-3-5-13-35)36-23-20-33(21-24-36)51-54-45-15-7-10-18-49(45)58-51)25-27-39(43)40-28-26-38(32-44(40)53)57-47-17-9-6-14-41(47)42-30-34(22-29-48(42)57)52-55-46-16-8-11-19-50(46)59-52/h3-32H,1-2H3. The van der Waals surface area contributed by atoms with E-state index in [1.54, 1.807) is 22.7 Å². The number of rotatable bonds is 6. The number of benzene rings is 8. The number of aromatic nitrogens is 3. The molecule has 0 unspecified atom stereocenters. The molecule has 1 aliphatic carbocycles. The lowest BCUT2D eigenvalue weighted by atomic mass is 9.82. The normalized spacial score (nSPS) is 13.1. The van der Waals surface area contributed by atoms with Crippen molar-refractivity contribution < 1.29 is 0 Å². The van der Waals surface area contributed by atoms with Gasteiger partial charge in [-0.2, -0.15) is 0 Å². The second kappa shape index (κ2) is 13.1. The van der Waals surface area contributed by atoms with Crippen LogP contribution in [0.15, 0.2) is 182 Å². The van der Waals surface area contributed by atoms with Gasteiger partial charge in [0.1, 0.15) is 10.0 Å². The Hall–Kier alpha value is -6.86. The van der Waals surface area contributed by atoms with Crippen molar-refractivity contribution in [2.45, 2.75) is 19.3 Å². The molecule has 0 amide bonds. The summed E-state index contributed by atoms with van der Waals surface area (Å²) in [5.41, 5.74) is 16.3. The summed E-state index contributed by atoms with van der Waals surface area (Å²) in [7, 11) is 0. The molecule has 0 radical (unpaired) electrons. The number of para-hydroxylation sites is 4. The van der Waals surface area contributed by atoms with Gasteiger partial charge in [-0.25, -0.2) is 9.97 Å². The third kappa shape index (κ3) is 5.41. The number of anilines is 3. The molecule has 0 spiro atoms. The van der Waals surface area contributed by atoms with E-state index < -0.39 is 0 Å². The zero-order valence-electron chi connectivity index (χ0n) is 32.4. The first-order chi connectivity index (χ1) is 29.0. The molecule has 6 heteroatoms. The summed E-state index contributed by atoms with van der Waals surface area (Å²) in [4.78, 5) is 12.3. The van der Waals surface area contributed by atoms with Gasteiger partial charge >= 0.3 is 0 Å². The Morgan fingerprint density at radius 1 is 0.458 bits per heavy atom. The molecule has 3 aromatic heterocycles. The highest BCUT2D eigenvalue weighted by molar-refractivity contribution is 7.22. The summed E-state index contributed by atoms with van der Waals surface area (Å²) in [6, 6.07) is 66.0. The van der Waals surface area contributed by atoms with Crippen LogP contribution >= 0.6 is 22.7 Å². The molecule has 11 aromatic rings. The van der Waals surface area contributed by atoms with Crippen LogP contribution in [0.2, 0.25) is 0 Å². The highest BCUT2D eigenvalue weighted by Crippen LogP contribution is 2.52. The summed E-state index contributed by atoms with van der Waals surface area (Å²) in [6.07, 6.45) is 0. The van der Waals surface area contributed by atoms with Crippen LogP contribution in [0.1, 0.15) is 25.0 Å². The van der Waals surface area contributed by atoms with Crippen molar-refractivity contribution in [3.8, 4) is 38.0 Å². The second-order valence-corrected chi connectivity index (χ2v) is 17.9. The van der Waals surface area contributed by atoms with Crippen molar-refractivity contribution in [2.24, 2.45) is 0 Å². The van der Waals surface area contributed by atoms with Gasteiger partial charge in [0.25, 0.3) is 0 Å². The average Bonchev–Trinajstić information content (AvgIpc) is 4.05. The van der Waals surface area contributed by atoms with Gasteiger partial charge < -0.3 is 9.47 Å². The highest BCUT2D eigenvalue weighted by atomic mass is 32.1. The Balaban J connectivity index is 0.933. The molecule has 12 rings (SSSR count). The van der Waals surface area contributed by atoms with E-state index in [0.29, 0.717) is 0 Å². The number of hydrogen-bond donors (Lipinski definition) is 0. The van der Waals surface area contributed by atoms with Crippen LogP contribution in [0.3, 0.4) is 0 Å². The van der Waals surface area contributed by atoms with Gasteiger partial charge in [-0.05, 0) is 131 Å². The lowest BCUT2D eigenvalue weighted by Crippen LogP contribution is -2.17. The van der Waals surface area contributed by atoms with E-state index in [1.807, 2.05) is 0 Å². The van der Waals surface area contributed by atoms with Crippen LogP contribution in [0.4, 0.5) is 17.1 Å². The van der Waals surface area contributed by atoms with Crippen molar-refractivity contribution in [1.82, 2.24) is 14.5 Å². The zero-order chi connectivity index (χ0) is 39.2. The van der Waals surface area contributed by atoms with Crippen molar-refractivity contribution >= 4 is 82.0 Å². The van der Waals surface area contributed by atoms with Gasteiger partial charge in [0, 0.05) is 50.1 Å². The molecule has 59 heavy (non-hydrogen) atoms. The number of thiazole rings is 2. The molecule has 0 atom stereocenters. The molecule has 0 aliphatic heterocycles. The molecule has 8 aromatic carbocycles. The summed E-state index contributed by atoms with van der Waals surface area (Å²) < 4.78 is 4.85. The van der Waals surface area contributed by atoms with Gasteiger partial charge in [0.05, 0.1) is 31.5 Å². The van der Waals surface area contributed by atoms with Crippen LogP contribution in [-0.4, -0.2) is 14.5 Å². The molecule has 4 nitrogen and oxygen atoms in total. The van der Waals surface area contributed by atoms with E-state index in [2.05, 4.69) is 205 Å². The number of fused-ring (bicyclic) bond motifs is 8. The highest BCUT2D eigenvalue weighted by Gasteiger charge is 2.36. The summed E-state index contributed by atoms with van der Waals surface area (Å²) in [5.74, 6) is 0. The molecular formula is C53H36N4S2. The lowest BCUT2D eigenvalue weighted by molar-refractivity contribution is 0.660. The van der Waals surface area contributed by atoms with Crippen LogP contribution in [0, 0.1) is 0 Å². The quantitative estimate of drug-likeness (QED) is 0.168. The van der Waals surface area contributed by atoms with E-state index in [4.69, 9.17) is 9.97 Å². The number of hydrogen-bond acceptors (Lipinski definition) is 5. The van der Waals surface area contributed by atoms with Crippen molar-refractivity contribution in [1.29, 1.82) is 0 Å². The average molecular weight is 793 g/mol. The minimum absolute atomic E-state index is 0.228. The third-order valence-electron chi connectivity index (χ3n) is 12.1. The fourth-order valence-electron chi connectivity index (χ4n) is 9.14. The van der Waals surface area contributed by atoms with E-state index >= 15 is 0 Å². The summed E-state index contributed by atoms with van der Waals surface area (Å²) in [6.45, 7) is 4.75. The predicted molar refractivity (Wildman–Crippen MR) is 250 cm³/mol. The molecule has 3 heterocycles. The largest absolute Gasteiger partial charge is 0.310 e. The maximum absolute atomic E-state index is 4.99. The smallest absolute Gasteiger partial charge is 0.124 e. The maximum Gasteiger partial charge on any atom is 0.124 e. The van der Waals surface area contributed by atoms with E-state index in [1.165, 1.54) is 59.1 Å². The molecule has 0 N–H and O–H groups in total. The first-order valence-corrected chi connectivity index (χ1v) is 21.6. The fraction of sp³-hybridized carbons (Fsp3) is 0.0566. The first-order valence-electron chi connectivity index (χ1n) is 20.0. The third-order valence-corrected chi connectivity index (χ3v) is 14.2. The minimum Gasteiger partial charge on any atom is -0.310 e. The van der Waals surface area contributed by atoms with Gasteiger partial charge in [-0.3, -0.25) is 0 Å². The molecule has 0 bridgehead atoms. The lowest BCUT2D eigenvalue weighted by Gasteiger charge is -2.28. The Kier molecular flexibility index (Phi) is 7.58. The first kappa shape index (κ1) is 34.2. The van der Waals surface area contributed by atoms with Crippen LogP contribution in [0.5, 0.6) is 0 Å². The minimum atomic E-state index is -0.228. The van der Waals surface area contributed by atoms with E-state index in [0.717, 1.165) is 49.2 Å². The van der Waals surface area contributed by atoms with Crippen LogP contribution < -0.4 is 4.90 Å². The van der Waals surface area contributed by atoms with Crippen molar-refractivity contribution in [3.63, 3.8) is 0 Å². The van der Waals surface area contributed by atoms with E-state index in [9.17, 15) is 0 Å². The second-order valence-electron chi connectivity index (χ2n) is 15.9. The Morgan fingerprint density at radius 3 is 1.75 bits per heavy atom. The monoisotopic (exact) mass is 792 g/mol. The topological polar surface area (TPSA) is 34.0 Å². The van der Waals surface area contributed by atoms with Crippen molar-refractivity contribution in [3.05, 3.63) is 193 Å². The Bertz CT molecular complexity index is 3360. The molecule has 0 fully saturated rings.